The molecule has 1 aliphatic heterocycles. The number of carbonyl (C=O) groups is 1. The van der Waals surface area contributed by atoms with Crippen LogP contribution in [0, 0.1) is 13.8 Å². The quantitative estimate of drug-likeness (QED) is 0.834. The van der Waals surface area contributed by atoms with Crippen molar-refractivity contribution in [1.82, 2.24) is 4.90 Å². The first kappa shape index (κ1) is 17.0. The highest BCUT2D eigenvalue weighted by molar-refractivity contribution is 6.31. The van der Waals surface area contributed by atoms with Crippen LogP contribution in [0.4, 0.5) is 5.69 Å². The Balaban J connectivity index is 1.77. The number of carbonyl (C=O) groups excluding carboxylic acids is 1. The molecule has 0 saturated carbocycles. The lowest BCUT2D eigenvalue weighted by atomic mass is 10.1. The lowest BCUT2D eigenvalue weighted by molar-refractivity contribution is -0.125. The first-order valence-corrected chi connectivity index (χ1v) is 8.70. The second kappa shape index (κ2) is 6.96. The molecule has 2 aromatic rings. The SMILES string of the molecule is Cc1cccc(CN2CCN(c3cc(Cl)ccc3C)C(=O)[C@@H]2C)c1. The van der Waals surface area contributed by atoms with E-state index in [2.05, 4.69) is 36.1 Å². The summed E-state index contributed by atoms with van der Waals surface area (Å²) >= 11 is 6.12. The highest BCUT2D eigenvalue weighted by Crippen LogP contribution is 2.27. The van der Waals surface area contributed by atoms with E-state index in [9.17, 15) is 4.79 Å². The summed E-state index contributed by atoms with van der Waals surface area (Å²) in [6, 6.07) is 14.1. The molecule has 126 valence electrons. The van der Waals surface area contributed by atoms with Gasteiger partial charge in [-0.15, -0.1) is 0 Å². The first-order valence-electron chi connectivity index (χ1n) is 8.33. The van der Waals surface area contributed by atoms with Gasteiger partial charge in [-0.05, 0) is 44.0 Å². The number of rotatable bonds is 3. The van der Waals surface area contributed by atoms with Crippen LogP contribution in [0.3, 0.4) is 0 Å². The molecule has 1 aliphatic rings. The standard InChI is InChI=1S/C20H23ClN2O/c1-14-5-4-6-17(11-14)13-22-9-10-23(20(24)16(22)3)19-12-18(21)8-7-15(19)2/h4-8,11-12,16H,9-10,13H2,1-3H3/t16-/m0/s1. The van der Waals surface area contributed by atoms with Crippen molar-refractivity contribution in [2.75, 3.05) is 18.0 Å². The number of hydrogen-bond acceptors (Lipinski definition) is 2. The molecule has 24 heavy (non-hydrogen) atoms. The van der Waals surface area contributed by atoms with Gasteiger partial charge in [0.25, 0.3) is 0 Å². The molecule has 1 amide bonds. The molecule has 4 heteroatoms. The molecule has 0 aliphatic carbocycles. The Labute approximate surface area is 148 Å². The van der Waals surface area contributed by atoms with Crippen LogP contribution in [0.5, 0.6) is 0 Å². The van der Waals surface area contributed by atoms with Crippen LogP contribution >= 0.6 is 11.6 Å². The number of aryl methyl sites for hydroxylation is 2. The number of anilines is 1. The Morgan fingerprint density at radius 1 is 1.12 bits per heavy atom. The lowest BCUT2D eigenvalue weighted by Crippen LogP contribution is -2.55. The second-order valence-corrected chi connectivity index (χ2v) is 6.99. The normalized spacial score (nSPS) is 18.9. The maximum absolute atomic E-state index is 12.9. The van der Waals surface area contributed by atoms with Crippen LogP contribution in [-0.2, 0) is 11.3 Å². The largest absolute Gasteiger partial charge is 0.309 e. The molecule has 3 rings (SSSR count). The average molecular weight is 343 g/mol. The van der Waals surface area contributed by atoms with Crippen LogP contribution in [0.15, 0.2) is 42.5 Å². The fourth-order valence-electron chi connectivity index (χ4n) is 3.29. The van der Waals surface area contributed by atoms with E-state index in [1.54, 1.807) is 0 Å². The van der Waals surface area contributed by atoms with Gasteiger partial charge in [0, 0.05) is 30.3 Å². The van der Waals surface area contributed by atoms with Crippen molar-refractivity contribution in [2.45, 2.75) is 33.4 Å². The van der Waals surface area contributed by atoms with Crippen LogP contribution in [-0.4, -0.2) is 29.9 Å². The van der Waals surface area contributed by atoms with Crippen molar-refractivity contribution in [3.63, 3.8) is 0 Å². The van der Waals surface area contributed by atoms with Crippen LogP contribution in [0.2, 0.25) is 5.02 Å². The average Bonchev–Trinajstić information content (AvgIpc) is 2.55. The van der Waals surface area contributed by atoms with E-state index in [0.717, 1.165) is 24.3 Å². The molecule has 1 saturated heterocycles. The summed E-state index contributed by atoms with van der Waals surface area (Å²) in [5, 5.41) is 0.665. The van der Waals surface area contributed by atoms with Gasteiger partial charge >= 0.3 is 0 Å². The van der Waals surface area contributed by atoms with Crippen LogP contribution in [0.1, 0.15) is 23.6 Å². The molecule has 0 bridgehead atoms. The minimum Gasteiger partial charge on any atom is -0.309 e. The fraction of sp³-hybridized carbons (Fsp3) is 0.350. The molecule has 1 fully saturated rings. The molecule has 0 aromatic heterocycles. The molecule has 0 unspecified atom stereocenters. The number of piperazine rings is 1. The summed E-state index contributed by atoms with van der Waals surface area (Å²) < 4.78 is 0. The summed E-state index contributed by atoms with van der Waals surface area (Å²) in [5.41, 5.74) is 4.50. The molecule has 1 heterocycles. The van der Waals surface area contributed by atoms with E-state index >= 15 is 0 Å². The molecule has 0 radical (unpaired) electrons. The molecular weight excluding hydrogens is 320 g/mol. The summed E-state index contributed by atoms with van der Waals surface area (Å²) in [6.45, 7) is 8.45. The van der Waals surface area contributed by atoms with Gasteiger partial charge in [0.05, 0.1) is 6.04 Å². The highest BCUT2D eigenvalue weighted by Gasteiger charge is 2.32. The van der Waals surface area contributed by atoms with Gasteiger partial charge in [-0.1, -0.05) is 47.5 Å². The number of benzene rings is 2. The van der Waals surface area contributed by atoms with Gasteiger partial charge in [-0.25, -0.2) is 0 Å². The van der Waals surface area contributed by atoms with Gasteiger partial charge in [0.1, 0.15) is 0 Å². The molecule has 0 spiro atoms. The predicted octanol–water partition coefficient (Wildman–Crippen LogP) is 4.19. The predicted molar refractivity (Wildman–Crippen MR) is 99.6 cm³/mol. The van der Waals surface area contributed by atoms with E-state index in [1.807, 2.05) is 36.9 Å². The van der Waals surface area contributed by atoms with Crippen LogP contribution in [0.25, 0.3) is 0 Å². The zero-order valence-corrected chi connectivity index (χ0v) is 15.2. The Hall–Kier alpha value is -1.84. The Kier molecular flexibility index (Phi) is 4.93. The van der Waals surface area contributed by atoms with Gasteiger partial charge < -0.3 is 4.90 Å². The van der Waals surface area contributed by atoms with Crippen molar-refractivity contribution in [3.8, 4) is 0 Å². The van der Waals surface area contributed by atoms with Crippen LogP contribution < -0.4 is 4.90 Å². The fourth-order valence-corrected chi connectivity index (χ4v) is 3.45. The number of hydrogen-bond donors (Lipinski definition) is 0. The topological polar surface area (TPSA) is 23.6 Å². The maximum atomic E-state index is 12.9. The van der Waals surface area contributed by atoms with Crippen molar-refractivity contribution in [3.05, 3.63) is 64.2 Å². The second-order valence-electron chi connectivity index (χ2n) is 6.56. The van der Waals surface area contributed by atoms with Gasteiger partial charge in [0.2, 0.25) is 5.91 Å². The van der Waals surface area contributed by atoms with Gasteiger partial charge in [0.15, 0.2) is 0 Å². The van der Waals surface area contributed by atoms with Crippen molar-refractivity contribution in [1.29, 1.82) is 0 Å². The number of nitrogens with zero attached hydrogens (tertiary/aromatic N) is 2. The summed E-state index contributed by atoms with van der Waals surface area (Å²) in [7, 11) is 0. The van der Waals surface area contributed by atoms with E-state index < -0.39 is 0 Å². The van der Waals surface area contributed by atoms with Gasteiger partial charge in [-0.3, -0.25) is 9.69 Å². The zero-order chi connectivity index (χ0) is 17.3. The molecular formula is C20H23ClN2O. The Bertz CT molecular complexity index is 759. The minimum atomic E-state index is -0.141. The Morgan fingerprint density at radius 3 is 2.67 bits per heavy atom. The molecule has 1 atom stereocenters. The van der Waals surface area contributed by atoms with E-state index in [4.69, 9.17) is 11.6 Å². The van der Waals surface area contributed by atoms with E-state index in [1.165, 1.54) is 11.1 Å². The Morgan fingerprint density at radius 2 is 1.92 bits per heavy atom. The van der Waals surface area contributed by atoms with Crippen molar-refractivity contribution >= 4 is 23.2 Å². The third kappa shape index (κ3) is 3.47. The van der Waals surface area contributed by atoms with Crippen molar-refractivity contribution in [2.24, 2.45) is 0 Å². The number of amides is 1. The highest BCUT2D eigenvalue weighted by atomic mass is 35.5. The van der Waals surface area contributed by atoms with E-state index in [0.29, 0.717) is 11.6 Å². The van der Waals surface area contributed by atoms with E-state index in [-0.39, 0.29) is 11.9 Å². The first-order chi connectivity index (χ1) is 11.5. The van der Waals surface area contributed by atoms with Gasteiger partial charge in [-0.2, -0.15) is 0 Å². The maximum Gasteiger partial charge on any atom is 0.244 e. The smallest absolute Gasteiger partial charge is 0.244 e. The number of halogens is 1. The summed E-state index contributed by atoms with van der Waals surface area (Å²) in [5.74, 6) is 0.138. The molecule has 2 aromatic carbocycles. The molecule has 0 N–H and O–H groups in total. The summed E-state index contributed by atoms with van der Waals surface area (Å²) in [6.07, 6.45) is 0. The van der Waals surface area contributed by atoms with Crippen molar-refractivity contribution < 1.29 is 4.79 Å². The lowest BCUT2D eigenvalue weighted by Gasteiger charge is -2.39. The third-order valence-electron chi connectivity index (χ3n) is 4.71. The zero-order valence-electron chi connectivity index (χ0n) is 14.4. The minimum absolute atomic E-state index is 0.138. The third-order valence-corrected chi connectivity index (χ3v) is 4.95. The summed E-state index contributed by atoms with van der Waals surface area (Å²) in [4.78, 5) is 17.0. The molecule has 3 nitrogen and oxygen atoms in total. The monoisotopic (exact) mass is 342 g/mol.